The fourth-order valence-electron chi connectivity index (χ4n) is 1.19. The molecule has 90 valence electrons. The van der Waals surface area contributed by atoms with E-state index in [1.807, 2.05) is 25.6 Å². The zero-order chi connectivity index (χ0) is 12.1. The molecule has 0 bridgehead atoms. The van der Waals surface area contributed by atoms with Gasteiger partial charge in [-0.2, -0.15) is 11.8 Å². The van der Waals surface area contributed by atoms with E-state index in [4.69, 9.17) is 11.6 Å². The Labute approximate surface area is 106 Å². The molecule has 0 saturated heterocycles. The summed E-state index contributed by atoms with van der Waals surface area (Å²) in [4.78, 5) is 8.65. The summed E-state index contributed by atoms with van der Waals surface area (Å²) in [6.07, 6.45) is 2.90. The number of anilines is 1. The Morgan fingerprint density at radius 1 is 1.44 bits per heavy atom. The molecule has 0 aliphatic carbocycles. The van der Waals surface area contributed by atoms with Gasteiger partial charge in [-0.05, 0) is 13.2 Å². The summed E-state index contributed by atoms with van der Waals surface area (Å²) < 4.78 is 0. The Bertz CT molecular complexity index is 357. The Morgan fingerprint density at radius 2 is 2.12 bits per heavy atom. The topological polar surface area (TPSA) is 37.8 Å². The van der Waals surface area contributed by atoms with Crippen molar-refractivity contribution in [2.45, 2.75) is 32.4 Å². The average Bonchev–Trinajstić information content (AvgIpc) is 2.30. The fraction of sp³-hybridized carbons (Fsp3) is 0.636. The summed E-state index contributed by atoms with van der Waals surface area (Å²) in [5.41, 5.74) is 0.923. The van der Waals surface area contributed by atoms with Gasteiger partial charge < -0.3 is 5.32 Å². The molecule has 0 aromatic carbocycles. The molecule has 16 heavy (non-hydrogen) atoms. The normalized spacial score (nSPS) is 12.6. The van der Waals surface area contributed by atoms with E-state index in [-0.39, 0.29) is 0 Å². The average molecular weight is 260 g/mol. The van der Waals surface area contributed by atoms with Gasteiger partial charge in [-0.15, -0.1) is 0 Å². The quantitative estimate of drug-likeness (QED) is 0.825. The molecule has 1 aromatic heterocycles. The third kappa shape index (κ3) is 3.52. The molecule has 0 radical (unpaired) electrons. The maximum atomic E-state index is 6.05. The summed E-state index contributed by atoms with van der Waals surface area (Å²) in [6.45, 7) is 7.03. The Hall–Kier alpha value is -0.480. The van der Waals surface area contributed by atoms with Gasteiger partial charge in [-0.1, -0.05) is 25.4 Å². The van der Waals surface area contributed by atoms with Gasteiger partial charge >= 0.3 is 0 Å². The van der Waals surface area contributed by atoms with Crippen LogP contribution in [0.5, 0.6) is 0 Å². The minimum atomic E-state index is 0.547. The van der Waals surface area contributed by atoms with E-state index >= 15 is 0 Å². The third-order valence-electron chi connectivity index (χ3n) is 2.41. The van der Waals surface area contributed by atoms with E-state index in [9.17, 15) is 0 Å². The highest BCUT2D eigenvalue weighted by atomic mass is 35.5. The van der Waals surface area contributed by atoms with Crippen LogP contribution in [0.1, 0.15) is 25.2 Å². The van der Waals surface area contributed by atoms with Crippen LogP contribution in [0, 0.1) is 6.92 Å². The van der Waals surface area contributed by atoms with E-state index in [0.717, 1.165) is 30.2 Å². The van der Waals surface area contributed by atoms with E-state index in [1.54, 1.807) is 0 Å². The number of nitrogens with one attached hydrogen (secondary N) is 1. The van der Waals surface area contributed by atoms with E-state index in [2.05, 4.69) is 28.5 Å². The van der Waals surface area contributed by atoms with Crippen molar-refractivity contribution in [1.82, 2.24) is 9.97 Å². The Kier molecular flexibility index (Phi) is 5.35. The molecule has 1 N–H and O–H groups in total. The van der Waals surface area contributed by atoms with Gasteiger partial charge in [0.15, 0.2) is 0 Å². The second kappa shape index (κ2) is 6.30. The molecule has 0 amide bonds. The molecule has 0 fully saturated rings. The SMILES string of the molecule is CCc1nc(Cl)c(C)c(NCC(C)SC)n1. The molecule has 1 heterocycles. The minimum Gasteiger partial charge on any atom is -0.369 e. The Morgan fingerprint density at radius 3 is 2.69 bits per heavy atom. The van der Waals surface area contributed by atoms with Gasteiger partial charge in [0.05, 0.1) is 0 Å². The van der Waals surface area contributed by atoms with Crippen LogP contribution in [-0.2, 0) is 6.42 Å². The molecule has 0 aliphatic heterocycles. The standard InChI is InChI=1S/C11H18ClN3S/c1-5-9-14-10(12)8(3)11(15-9)13-6-7(2)16-4/h7H,5-6H2,1-4H3,(H,13,14,15). The van der Waals surface area contributed by atoms with Crippen LogP contribution in [0.4, 0.5) is 5.82 Å². The predicted octanol–water partition coefficient (Wildman–Crippen LogP) is 3.16. The molecule has 3 nitrogen and oxygen atoms in total. The van der Waals surface area contributed by atoms with Crippen molar-refractivity contribution in [3.8, 4) is 0 Å². The largest absolute Gasteiger partial charge is 0.369 e. The summed E-state index contributed by atoms with van der Waals surface area (Å²) in [5, 5.41) is 4.42. The van der Waals surface area contributed by atoms with Gasteiger partial charge in [0.2, 0.25) is 0 Å². The third-order valence-corrected chi connectivity index (χ3v) is 3.75. The van der Waals surface area contributed by atoms with Gasteiger partial charge in [0.25, 0.3) is 0 Å². The number of aromatic nitrogens is 2. The minimum absolute atomic E-state index is 0.547. The number of halogens is 1. The lowest BCUT2D eigenvalue weighted by molar-refractivity contribution is 0.913. The van der Waals surface area contributed by atoms with Crippen LogP contribution < -0.4 is 5.32 Å². The second-order valence-corrected chi connectivity index (χ2v) is 5.32. The molecule has 1 atom stereocenters. The van der Waals surface area contributed by atoms with Gasteiger partial charge in [-0.3, -0.25) is 0 Å². The second-order valence-electron chi connectivity index (χ2n) is 3.69. The highest BCUT2D eigenvalue weighted by molar-refractivity contribution is 7.99. The van der Waals surface area contributed by atoms with Crippen molar-refractivity contribution in [2.24, 2.45) is 0 Å². The first-order chi connectivity index (χ1) is 7.58. The van der Waals surface area contributed by atoms with Crippen molar-refractivity contribution in [3.05, 3.63) is 16.5 Å². The van der Waals surface area contributed by atoms with Crippen LogP contribution in [0.15, 0.2) is 0 Å². The number of thioether (sulfide) groups is 1. The van der Waals surface area contributed by atoms with Gasteiger partial charge in [0.1, 0.15) is 16.8 Å². The van der Waals surface area contributed by atoms with Gasteiger partial charge in [-0.25, -0.2) is 9.97 Å². The first-order valence-electron chi connectivity index (χ1n) is 5.38. The predicted molar refractivity (Wildman–Crippen MR) is 72.6 cm³/mol. The van der Waals surface area contributed by atoms with Crippen molar-refractivity contribution in [3.63, 3.8) is 0 Å². The summed E-state index contributed by atoms with van der Waals surface area (Å²) in [5.74, 6) is 1.65. The van der Waals surface area contributed by atoms with Crippen molar-refractivity contribution in [1.29, 1.82) is 0 Å². The Balaban J connectivity index is 2.82. The van der Waals surface area contributed by atoms with Crippen molar-refractivity contribution >= 4 is 29.2 Å². The molecule has 1 rings (SSSR count). The van der Waals surface area contributed by atoms with Crippen LogP contribution in [0.2, 0.25) is 5.15 Å². The molecule has 5 heteroatoms. The monoisotopic (exact) mass is 259 g/mol. The molecule has 0 aliphatic rings. The van der Waals surface area contributed by atoms with E-state index < -0.39 is 0 Å². The first kappa shape index (κ1) is 13.6. The van der Waals surface area contributed by atoms with Crippen LogP contribution in [-0.4, -0.2) is 28.0 Å². The maximum absolute atomic E-state index is 6.05. The van der Waals surface area contributed by atoms with Crippen LogP contribution >= 0.6 is 23.4 Å². The smallest absolute Gasteiger partial charge is 0.137 e. The van der Waals surface area contributed by atoms with E-state index in [0.29, 0.717) is 10.4 Å². The van der Waals surface area contributed by atoms with E-state index in [1.165, 1.54) is 0 Å². The zero-order valence-corrected chi connectivity index (χ0v) is 11.7. The lowest BCUT2D eigenvalue weighted by Crippen LogP contribution is -2.15. The summed E-state index contributed by atoms with van der Waals surface area (Å²) in [6, 6.07) is 0. The van der Waals surface area contributed by atoms with Crippen molar-refractivity contribution in [2.75, 3.05) is 18.1 Å². The zero-order valence-electron chi connectivity index (χ0n) is 10.2. The van der Waals surface area contributed by atoms with Crippen LogP contribution in [0.25, 0.3) is 0 Å². The first-order valence-corrected chi connectivity index (χ1v) is 7.04. The van der Waals surface area contributed by atoms with Gasteiger partial charge in [0, 0.05) is 23.8 Å². The molecule has 1 unspecified atom stereocenters. The highest BCUT2D eigenvalue weighted by Gasteiger charge is 2.09. The lowest BCUT2D eigenvalue weighted by atomic mass is 10.3. The summed E-state index contributed by atoms with van der Waals surface area (Å²) >= 11 is 7.88. The molecule has 0 spiro atoms. The molecular weight excluding hydrogens is 242 g/mol. The fourth-order valence-corrected chi connectivity index (χ4v) is 1.62. The van der Waals surface area contributed by atoms with Crippen molar-refractivity contribution < 1.29 is 0 Å². The van der Waals surface area contributed by atoms with Crippen LogP contribution in [0.3, 0.4) is 0 Å². The number of hydrogen-bond acceptors (Lipinski definition) is 4. The number of hydrogen-bond donors (Lipinski definition) is 1. The molecule has 1 aromatic rings. The number of nitrogens with zero attached hydrogens (tertiary/aromatic N) is 2. The molecule has 0 saturated carbocycles. The lowest BCUT2D eigenvalue weighted by Gasteiger charge is -2.13. The number of rotatable bonds is 5. The maximum Gasteiger partial charge on any atom is 0.137 e. The summed E-state index contributed by atoms with van der Waals surface area (Å²) in [7, 11) is 0. The highest BCUT2D eigenvalue weighted by Crippen LogP contribution is 2.20. The molecular formula is C11H18ClN3S. The number of aryl methyl sites for hydroxylation is 1.